The fraction of sp³-hybridized carbons (Fsp3) is 0.533. The van der Waals surface area contributed by atoms with Crippen molar-refractivity contribution in [2.45, 2.75) is 26.7 Å². The van der Waals surface area contributed by atoms with Crippen LogP contribution in [0.25, 0.3) is 0 Å². The van der Waals surface area contributed by atoms with Crippen LogP contribution in [0.2, 0.25) is 5.02 Å². The first kappa shape index (κ1) is 14.4. The van der Waals surface area contributed by atoms with E-state index in [1.54, 1.807) is 12.1 Å². The van der Waals surface area contributed by atoms with Gasteiger partial charge >= 0.3 is 0 Å². The lowest BCUT2D eigenvalue weighted by Crippen LogP contribution is -2.34. The number of carbonyl (C=O) groups excluding carboxylic acids is 1. The van der Waals surface area contributed by atoms with Crippen LogP contribution in [-0.2, 0) is 4.79 Å². The van der Waals surface area contributed by atoms with Crippen molar-refractivity contribution in [3.63, 3.8) is 0 Å². The quantitative estimate of drug-likeness (QED) is 0.839. The van der Waals surface area contributed by atoms with Gasteiger partial charge in [-0.05, 0) is 36.3 Å². The molecule has 1 saturated carbocycles. The number of rotatable bonds is 6. The molecule has 1 aromatic carbocycles. The fourth-order valence-electron chi connectivity index (χ4n) is 2.30. The van der Waals surface area contributed by atoms with Crippen LogP contribution in [0.5, 0.6) is 0 Å². The van der Waals surface area contributed by atoms with Gasteiger partial charge in [-0.15, -0.1) is 0 Å². The molecule has 2 rings (SSSR count). The van der Waals surface area contributed by atoms with Gasteiger partial charge in [-0.25, -0.2) is 0 Å². The molecule has 4 heteroatoms. The number of para-hydroxylation sites is 1. The van der Waals surface area contributed by atoms with E-state index in [0.29, 0.717) is 28.6 Å². The number of benzene rings is 1. The van der Waals surface area contributed by atoms with Gasteiger partial charge < -0.3 is 10.6 Å². The third-order valence-corrected chi connectivity index (χ3v) is 4.36. The van der Waals surface area contributed by atoms with Crippen LogP contribution in [-0.4, -0.2) is 19.0 Å². The van der Waals surface area contributed by atoms with Crippen molar-refractivity contribution >= 4 is 23.2 Å². The monoisotopic (exact) mass is 280 g/mol. The first-order chi connectivity index (χ1) is 9.03. The lowest BCUT2D eigenvalue weighted by molar-refractivity contribution is -0.115. The molecule has 2 N–H and O–H groups in total. The Balaban J connectivity index is 1.75. The van der Waals surface area contributed by atoms with E-state index in [9.17, 15) is 4.79 Å². The molecule has 0 heterocycles. The number of amides is 1. The number of anilines is 1. The zero-order valence-corrected chi connectivity index (χ0v) is 12.3. The van der Waals surface area contributed by atoms with Gasteiger partial charge in [-0.1, -0.05) is 37.6 Å². The zero-order valence-electron chi connectivity index (χ0n) is 11.5. The Morgan fingerprint density at radius 1 is 1.37 bits per heavy atom. The van der Waals surface area contributed by atoms with E-state index in [0.717, 1.165) is 6.54 Å². The number of halogens is 1. The second kappa shape index (κ2) is 5.93. The van der Waals surface area contributed by atoms with Gasteiger partial charge in [0.15, 0.2) is 0 Å². The number of hydrogen-bond donors (Lipinski definition) is 2. The Morgan fingerprint density at radius 2 is 2.05 bits per heavy atom. The van der Waals surface area contributed by atoms with Gasteiger partial charge in [0.05, 0.1) is 17.3 Å². The van der Waals surface area contributed by atoms with Crippen LogP contribution < -0.4 is 10.6 Å². The Morgan fingerprint density at radius 3 is 2.63 bits per heavy atom. The molecule has 1 fully saturated rings. The second-order valence-corrected chi connectivity index (χ2v) is 6.06. The van der Waals surface area contributed by atoms with E-state index in [-0.39, 0.29) is 5.91 Å². The summed E-state index contributed by atoms with van der Waals surface area (Å²) >= 11 is 5.99. The van der Waals surface area contributed by atoms with E-state index in [1.165, 1.54) is 12.8 Å². The second-order valence-electron chi connectivity index (χ2n) is 5.65. The molecule has 1 aliphatic rings. The molecule has 1 amide bonds. The smallest absolute Gasteiger partial charge is 0.238 e. The predicted molar refractivity (Wildman–Crippen MR) is 79.5 cm³/mol. The number of nitrogens with one attached hydrogen (secondary N) is 2. The van der Waals surface area contributed by atoms with Crippen molar-refractivity contribution in [1.82, 2.24) is 5.32 Å². The van der Waals surface area contributed by atoms with Crippen LogP contribution in [0.3, 0.4) is 0 Å². The summed E-state index contributed by atoms with van der Waals surface area (Å²) in [6, 6.07) is 7.27. The van der Waals surface area contributed by atoms with Crippen molar-refractivity contribution in [2.75, 3.05) is 18.4 Å². The maximum Gasteiger partial charge on any atom is 0.238 e. The molecule has 0 atom stereocenters. The predicted octanol–water partition coefficient (Wildman–Crippen LogP) is 3.30. The van der Waals surface area contributed by atoms with Crippen molar-refractivity contribution in [1.29, 1.82) is 0 Å². The minimum absolute atomic E-state index is 0.0485. The summed E-state index contributed by atoms with van der Waals surface area (Å²) in [6.45, 7) is 5.75. The standard InChI is InChI=1S/C15H21ClN2O/c1-11(2)15(7-8-15)10-17-9-14(19)18-13-6-4-3-5-12(13)16/h3-6,11,17H,7-10H2,1-2H3,(H,18,19). The van der Waals surface area contributed by atoms with E-state index >= 15 is 0 Å². The van der Waals surface area contributed by atoms with Crippen LogP contribution in [0, 0.1) is 11.3 Å². The third kappa shape index (κ3) is 3.71. The molecule has 104 valence electrons. The van der Waals surface area contributed by atoms with E-state index in [1.807, 2.05) is 12.1 Å². The minimum atomic E-state index is -0.0485. The minimum Gasteiger partial charge on any atom is -0.324 e. The van der Waals surface area contributed by atoms with Gasteiger partial charge in [0, 0.05) is 6.54 Å². The van der Waals surface area contributed by atoms with Gasteiger partial charge in [-0.2, -0.15) is 0 Å². The molecule has 0 unspecified atom stereocenters. The first-order valence-electron chi connectivity index (χ1n) is 6.79. The molecule has 3 nitrogen and oxygen atoms in total. The molecule has 0 aliphatic heterocycles. The highest BCUT2D eigenvalue weighted by Crippen LogP contribution is 2.51. The molecule has 0 saturated heterocycles. The molecule has 1 aromatic rings. The average molecular weight is 281 g/mol. The summed E-state index contributed by atoms with van der Waals surface area (Å²) in [4.78, 5) is 11.8. The molecular weight excluding hydrogens is 260 g/mol. The molecule has 19 heavy (non-hydrogen) atoms. The van der Waals surface area contributed by atoms with Gasteiger partial charge in [0.25, 0.3) is 0 Å². The largest absolute Gasteiger partial charge is 0.324 e. The summed E-state index contributed by atoms with van der Waals surface area (Å²) in [6.07, 6.45) is 2.54. The molecule has 0 aromatic heterocycles. The summed E-state index contributed by atoms with van der Waals surface area (Å²) in [5, 5.41) is 6.63. The van der Waals surface area contributed by atoms with Crippen LogP contribution in [0.4, 0.5) is 5.69 Å². The summed E-state index contributed by atoms with van der Waals surface area (Å²) in [5.41, 5.74) is 1.09. The van der Waals surface area contributed by atoms with Crippen molar-refractivity contribution < 1.29 is 4.79 Å². The van der Waals surface area contributed by atoms with Crippen LogP contribution >= 0.6 is 11.6 Å². The molecular formula is C15H21ClN2O. The third-order valence-electron chi connectivity index (χ3n) is 4.03. The Hall–Kier alpha value is -1.06. The number of carbonyl (C=O) groups is 1. The fourth-order valence-corrected chi connectivity index (χ4v) is 2.48. The maximum atomic E-state index is 11.8. The van der Waals surface area contributed by atoms with E-state index in [4.69, 9.17) is 11.6 Å². The Kier molecular flexibility index (Phi) is 4.48. The lowest BCUT2D eigenvalue weighted by atomic mass is 9.92. The van der Waals surface area contributed by atoms with Crippen LogP contribution in [0.1, 0.15) is 26.7 Å². The summed E-state index contributed by atoms with van der Waals surface area (Å²) in [5.74, 6) is 0.624. The van der Waals surface area contributed by atoms with Crippen molar-refractivity contribution in [3.05, 3.63) is 29.3 Å². The first-order valence-corrected chi connectivity index (χ1v) is 7.16. The Labute approximate surface area is 119 Å². The zero-order chi connectivity index (χ0) is 13.9. The molecule has 0 spiro atoms. The van der Waals surface area contributed by atoms with Gasteiger partial charge in [-0.3, -0.25) is 4.79 Å². The van der Waals surface area contributed by atoms with Gasteiger partial charge in [0.2, 0.25) is 5.91 Å². The van der Waals surface area contributed by atoms with E-state index in [2.05, 4.69) is 24.5 Å². The normalized spacial score (nSPS) is 16.4. The van der Waals surface area contributed by atoms with Crippen molar-refractivity contribution in [3.8, 4) is 0 Å². The highest BCUT2D eigenvalue weighted by Gasteiger charge is 2.44. The summed E-state index contributed by atoms with van der Waals surface area (Å²) < 4.78 is 0. The Bertz CT molecular complexity index is 455. The number of hydrogen-bond acceptors (Lipinski definition) is 2. The summed E-state index contributed by atoms with van der Waals surface area (Å²) in [7, 11) is 0. The topological polar surface area (TPSA) is 41.1 Å². The molecule has 1 aliphatic carbocycles. The van der Waals surface area contributed by atoms with Crippen LogP contribution in [0.15, 0.2) is 24.3 Å². The lowest BCUT2D eigenvalue weighted by Gasteiger charge is -2.19. The van der Waals surface area contributed by atoms with Gasteiger partial charge in [0.1, 0.15) is 0 Å². The maximum absolute atomic E-state index is 11.8. The van der Waals surface area contributed by atoms with E-state index < -0.39 is 0 Å². The average Bonchev–Trinajstić information content (AvgIpc) is 3.13. The van der Waals surface area contributed by atoms with Crippen molar-refractivity contribution in [2.24, 2.45) is 11.3 Å². The molecule has 0 bridgehead atoms. The SMILES string of the molecule is CC(C)C1(CNCC(=O)Nc2ccccc2Cl)CC1. The highest BCUT2D eigenvalue weighted by molar-refractivity contribution is 6.33. The highest BCUT2D eigenvalue weighted by atomic mass is 35.5. The molecule has 0 radical (unpaired) electrons.